The van der Waals surface area contributed by atoms with E-state index in [9.17, 15) is 4.79 Å². The smallest absolute Gasteiger partial charge is 0.211 e. The summed E-state index contributed by atoms with van der Waals surface area (Å²) >= 11 is 0. The number of hydrogen-bond donors (Lipinski definition) is 3. The highest BCUT2D eigenvalue weighted by atomic mass is 16.1. The molecule has 1 amide bonds. The Kier molecular flexibility index (Phi) is 7.62. The molecule has 2 aromatic carbocycles. The van der Waals surface area contributed by atoms with Crippen molar-refractivity contribution in [1.82, 2.24) is 0 Å². The standard InChI is InChI=1S/C22H28N4O/c1-4-13-24-22-19(11-8-12-21(22)25-15-27)20(14-23)17(3)26-16(2)18-9-6-5-7-10-18/h5-12,14-16,24H,4,13,23H2,1-3H3,(H,25,27). The van der Waals surface area contributed by atoms with Gasteiger partial charge in [0.15, 0.2) is 0 Å². The van der Waals surface area contributed by atoms with Gasteiger partial charge in [-0.2, -0.15) is 0 Å². The van der Waals surface area contributed by atoms with Gasteiger partial charge in [-0.1, -0.05) is 49.4 Å². The first-order valence-electron chi connectivity index (χ1n) is 9.21. The van der Waals surface area contributed by atoms with E-state index >= 15 is 0 Å². The van der Waals surface area contributed by atoms with Gasteiger partial charge < -0.3 is 16.4 Å². The molecular formula is C22H28N4O. The van der Waals surface area contributed by atoms with Gasteiger partial charge in [-0.3, -0.25) is 9.79 Å². The molecule has 0 heterocycles. The van der Waals surface area contributed by atoms with Crippen molar-refractivity contribution in [1.29, 1.82) is 0 Å². The highest BCUT2D eigenvalue weighted by Crippen LogP contribution is 2.32. The van der Waals surface area contributed by atoms with Crippen molar-refractivity contribution in [2.24, 2.45) is 10.7 Å². The van der Waals surface area contributed by atoms with E-state index in [-0.39, 0.29) is 6.04 Å². The number of para-hydroxylation sites is 1. The number of hydrogen-bond acceptors (Lipinski definition) is 4. The molecule has 142 valence electrons. The van der Waals surface area contributed by atoms with Gasteiger partial charge in [-0.25, -0.2) is 0 Å². The van der Waals surface area contributed by atoms with Crippen LogP contribution in [0.3, 0.4) is 0 Å². The second-order valence-corrected chi connectivity index (χ2v) is 6.30. The predicted octanol–water partition coefficient (Wildman–Crippen LogP) is 4.60. The minimum Gasteiger partial charge on any atom is -0.404 e. The average molecular weight is 364 g/mol. The first-order chi connectivity index (χ1) is 13.1. The van der Waals surface area contributed by atoms with Crippen molar-refractivity contribution in [2.75, 3.05) is 17.2 Å². The maximum atomic E-state index is 11.0. The molecule has 2 rings (SSSR count). The molecule has 1 atom stereocenters. The van der Waals surface area contributed by atoms with Crippen LogP contribution in [0.4, 0.5) is 11.4 Å². The van der Waals surface area contributed by atoms with Crippen molar-refractivity contribution >= 4 is 29.1 Å². The van der Waals surface area contributed by atoms with Crippen LogP contribution in [0.25, 0.3) is 5.57 Å². The van der Waals surface area contributed by atoms with Crippen molar-refractivity contribution in [2.45, 2.75) is 33.2 Å². The third kappa shape index (κ3) is 5.20. The van der Waals surface area contributed by atoms with E-state index in [2.05, 4.69) is 36.6 Å². The van der Waals surface area contributed by atoms with E-state index in [1.54, 1.807) is 6.20 Å². The molecular weight excluding hydrogens is 336 g/mol. The number of nitrogens with two attached hydrogens (primary N) is 1. The molecule has 4 N–H and O–H groups in total. The van der Waals surface area contributed by atoms with Gasteiger partial charge in [-0.15, -0.1) is 0 Å². The first-order valence-corrected chi connectivity index (χ1v) is 9.21. The minimum atomic E-state index is 0.0180. The predicted molar refractivity (Wildman–Crippen MR) is 115 cm³/mol. The normalized spacial score (nSPS) is 13.1. The lowest BCUT2D eigenvalue weighted by Crippen LogP contribution is -2.10. The van der Waals surface area contributed by atoms with Crippen LogP contribution in [-0.2, 0) is 4.79 Å². The van der Waals surface area contributed by atoms with Crippen molar-refractivity contribution in [3.63, 3.8) is 0 Å². The van der Waals surface area contributed by atoms with Gasteiger partial charge in [0.2, 0.25) is 6.41 Å². The van der Waals surface area contributed by atoms with Crippen LogP contribution in [0.5, 0.6) is 0 Å². The Morgan fingerprint density at radius 3 is 2.56 bits per heavy atom. The summed E-state index contributed by atoms with van der Waals surface area (Å²) in [5.74, 6) is 0. The molecule has 0 saturated carbocycles. The number of anilines is 2. The Hall–Kier alpha value is -3.08. The van der Waals surface area contributed by atoms with Crippen molar-refractivity contribution < 1.29 is 4.79 Å². The van der Waals surface area contributed by atoms with Gasteiger partial charge >= 0.3 is 0 Å². The number of rotatable bonds is 9. The van der Waals surface area contributed by atoms with Crippen molar-refractivity contribution in [3.8, 4) is 0 Å². The topological polar surface area (TPSA) is 79.5 Å². The zero-order valence-electron chi connectivity index (χ0n) is 16.2. The number of nitrogens with one attached hydrogen (secondary N) is 2. The van der Waals surface area contributed by atoms with Crippen LogP contribution in [0.2, 0.25) is 0 Å². The van der Waals surface area contributed by atoms with E-state index in [1.165, 1.54) is 0 Å². The Balaban J connectivity index is 2.42. The van der Waals surface area contributed by atoms with Crippen LogP contribution < -0.4 is 16.4 Å². The molecule has 0 fully saturated rings. The lowest BCUT2D eigenvalue weighted by molar-refractivity contribution is -0.105. The fraction of sp³-hybridized carbons (Fsp3) is 0.273. The Morgan fingerprint density at radius 2 is 1.93 bits per heavy atom. The number of allylic oxidation sites excluding steroid dienone is 1. The molecule has 0 saturated heterocycles. The number of carbonyl (C=O) groups is 1. The Bertz CT molecular complexity index is 812. The third-order valence-corrected chi connectivity index (χ3v) is 4.35. The quantitative estimate of drug-likeness (QED) is 0.449. The van der Waals surface area contributed by atoms with Crippen LogP contribution in [-0.4, -0.2) is 18.7 Å². The molecule has 0 aromatic heterocycles. The summed E-state index contributed by atoms with van der Waals surface area (Å²) in [6, 6.07) is 15.9. The van der Waals surface area contributed by atoms with Crippen LogP contribution in [0.15, 0.2) is 59.7 Å². The zero-order chi connectivity index (χ0) is 19.6. The summed E-state index contributed by atoms with van der Waals surface area (Å²) in [5, 5.41) is 6.16. The van der Waals surface area contributed by atoms with E-state index < -0.39 is 0 Å². The summed E-state index contributed by atoms with van der Waals surface area (Å²) in [6.07, 6.45) is 3.23. The van der Waals surface area contributed by atoms with Gasteiger partial charge in [0.05, 0.1) is 17.4 Å². The molecule has 0 spiro atoms. The highest BCUT2D eigenvalue weighted by molar-refractivity contribution is 6.24. The second-order valence-electron chi connectivity index (χ2n) is 6.30. The van der Waals surface area contributed by atoms with Crippen LogP contribution in [0.1, 0.15) is 44.4 Å². The van der Waals surface area contributed by atoms with Crippen molar-refractivity contribution in [3.05, 3.63) is 65.9 Å². The molecule has 5 heteroatoms. The lowest BCUT2D eigenvalue weighted by Gasteiger charge is -2.18. The average Bonchev–Trinajstić information content (AvgIpc) is 2.69. The first kappa shape index (κ1) is 20.2. The number of benzene rings is 2. The number of aliphatic imine (C=N–C) groups is 1. The number of carbonyl (C=O) groups excluding carboxylic acids is 1. The molecule has 5 nitrogen and oxygen atoms in total. The van der Waals surface area contributed by atoms with E-state index in [1.807, 2.05) is 43.3 Å². The van der Waals surface area contributed by atoms with E-state index in [4.69, 9.17) is 10.7 Å². The molecule has 0 aliphatic heterocycles. The van der Waals surface area contributed by atoms with Gasteiger partial charge in [0.1, 0.15) is 0 Å². The maximum absolute atomic E-state index is 11.0. The summed E-state index contributed by atoms with van der Waals surface area (Å²) in [7, 11) is 0. The largest absolute Gasteiger partial charge is 0.404 e. The molecule has 0 aliphatic carbocycles. The summed E-state index contributed by atoms with van der Waals surface area (Å²) in [5.41, 5.74) is 11.3. The van der Waals surface area contributed by atoms with Gasteiger partial charge in [-0.05, 0) is 31.9 Å². The fourth-order valence-electron chi connectivity index (χ4n) is 2.97. The highest BCUT2D eigenvalue weighted by Gasteiger charge is 2.15. The van der Waals surface area contributed by atoms with E-state index in [0.717, 1.165) is 46.8 Å². The van der Waals surface area contributed by atoms with Gasteiger partial charge in [0.25, 0.3) is 0 Å². The molecule has 2 aromatic rings. The Labute approximate surface area is 161 Å². The zero-order valence-corrected chi connectivity index (χ0v) is 16.2. The van der Waals surface area contributed by atoms with Crippen LogP contribution in [0, 0.1) is 0 Å². The second kappa shape index (κ2) is 10.2. The maximum Gasteiger partial charge on any atom is 0.211 e. The molecule has 1 unspecified atom stereocenters. The number of nitrogens with zero attached hydrogens (tertiary/aromatic N) is 1. The third-order valence-electron chi connectivity index (χ3n) is 4.35. The SMILES string of the molecule is CCCNc1c(NC=O)cccc1C(=CN)C(C)=NC(C)c1ccccc1. The summed E-state index contributed by atoms with van der Waals surface area (Å²) in [4.78, 5) is 15.8. The minimum absolute atomic E-state index is 0.0180. The monoisotopic (exact) mass is 364 g/mol. The molecule has 0 bridgehead atoms. The van der Waals surface area contributed by atoms with Crippen LogP contribution >= 0.6 is 0 Å². The summed E-state index contributed by atoms with van der Waals surface area (Å²) in [6.45, 7) is 6.91. The lowest BCUT2D eigenvalue weighted by atomic mass is 9.99. The Morgan fingerprint density at radius 1 is 1.19 bits per heavy atom. The molecule has 0 aliphatic rings. The van der Waals surface area contributed by atoms with E-state index in [0.29, 0.717) is 6.41 Å². The molecule has 27 heavy (non-hydrogen) atoms. The molecule has 0 radical (unpaired) electrons. The van der Waals surface area contributed by atoms with Gasteiger partial charge in [0, 0.05) is 29.6 Å². The number of amides is 1. The fourth-order valence-corrected chi connectivity index (χ4v) is 2.97. The summed E-state index contributed by atoms with van der Waals surface area (Å²) < 4.78 is 0.